The summed E-state index contributed by atoms with van der Waals surface area (Å²) in [6.45, 7) is 6.49. The van der Waals surface area contributed by atoms with E-state index >= 15 is 0 Å². The van der Waals surface area contributed by atoms with Gasteiger partial charge >= 0.3 is 6.09 Å². The average molecular weight is 172 g/mol. The van der Waals surface area contributed by atoms with Gasteiger partial charge in [0.15, 0.2) is 0 Å². The van der Waals surface area contributed by atoms with Gasteiger partial charge in [0.1, 0.15) is 0 Å². The van der Waals surface area contributed by atoms with Crippen LogP contribution in [0.4, 0.5) is 4.79 Å². The Balaban J connectivity index is 2.06. The lowest BCUT2D eigenvalue weighted by Crippen LogP contribution is -2.53. The smallest absolute Gasteiger partial charge is 0.407 e. The van der Waals surface area contributed by atoms with E-state index in [4.69, 9.17) is 5.11 Å². The molecule has 0 aromatic carbocycles. The number of nitrogens with zero attached hydrogens (tertiary/aromatic N) is 1. The molecule has 0 atom stereocenters. The number of rotatable bonds is 3. The van der Waals surface area contributed by atoms with Gasteiger partial charge in [-0.05, 0) is 0 Å². The number of carbonyl (C=O) groups is 1. The summed E-state index contributed by atoms with van der Waals surface area (Å²) in [5, 5.41) is 11.8. The van der Waals surface area contributed by atoms with Crippen LogP contribution < -0.4 is 5.32 Å². The van der Waals surface area contributed by atoms with Crippen molar-refractivity contribution in [2.24, 2.45) is 5.92 Å². The maximum atomic E-state index is 10.4. The maximum Gasteiger partial charge on any atom is 0.407 e. The molecule has 4 nitrogen and oxygen atoms in total. The maximum absolute atomic E-state index is 10.4. The molecule has 1 aliphatic rings. The van der Waals surface area contributed by atoms with Gasteiger partial charge in [0.05, 0.1) is 0 Å². The van der Waals surface area contributed by atoms with E-state index in [1.165, 1.54) is 4.90 Å². The van der Waals surface area contributed by atoms with E-state index in [2.05, 4.69) is 19.2 Å². The molecule has 0 aliphatic carbocycles. The van der Waals surface area contributed by atoms with Crippen molar-refractivity contribution >= 4 is 6.09 Å². The molecule has 12 heavy (non-hydrogen) atoms. The Labute approximate surface area is 72.6 Å². The molecule has 2 N–H and O–H groups in total. The fourth-order valence-corrected chi connectivity index (χ4v) is 1.26. The molecule has 0 spiro atoms. The molecule has 1 saturated heterocycles. The van der Waals surface area contributed by atoms with E-state index < -0.39 is 6.09 Å². The van der Waals surface area contributed by atoms with Crippen molar-refractivity contribution in [2.75, 3.05) is 19.6 Å². The highest BCUT2D eigenvalue weighted by atomic mass is 16.4. The monoisotopic (exact) mass is 172 g/mol. The summed E-state index contributed by atoms with van der Waals surface area (Å²) in [6.07, 6.45) is -0.796. The highest BCUT2D eigenvalue weighted by Gasteiger charge is 2.29. The van der Waals surface area contributed by atoms with Crippen LogP contribution in [0.5, 0.6) is 0 Å². The standard InChI is InChI=1S/C8H16N2O2/c1-6(2)9-3-7-4-10(5-7)8(11)12/h6-7,9H,3-5H2,1-2H3,(H,11,12). The van der Waals surface area contributed by atoms with Crippen molar-refractivity contribution in [3.63, 3.8) is 0 Å². The first kappa shape index (κ1) is 9.32. The Bertz CT molecular complexity index is 164. The highest BCUT2D eigenvalue weighted by molar-refractivity contribution is 5.65. The Kier molecular flexibility index (Phi) is 2.92. The highest BCUT2D eigenvalue weighted by Crippen LogP contribution is 2.14. The predicted molar refractivity (Wildman–Crippen MR) is 46.2 cm³/mol. The summed E-state index contributed by atoms with van der Waals surface area (Å²) in [5.74, 6) is 0.517. The molecule has 70 valence electrons. The van der Waals surface area contributed by atoms with Crippen LogP contribution in [0.2, 0.25) is 0 Å². The SMILES string of the molecule is CC(C)NCC1CN(C(=O)O)C1. The van der Waals surface area contributed by atoms with Gasteiger partial charge in [-0.3, -0.25) is 0 Å². The van der Waals surface area contributed by atoms with Gasteiger partial charge in [0.2, 0.25) is 0 Å². The molecule has 0 aromatic heterocycles. The molecule has 1 rings (SSSR count). The topological polar surface area (TPSA) is 52.6 Å². The lowest BCUT2D eigenvalue weighted by atomic mass is 10.0. The molecule has 1 amide bonds. The van der Waals surface area contributed by atoms with Crippen LogP contribution in [-0.4, -0.2) is 41.8 Å². The Hall–Kier alpha value is -0.770. The molecule has 0 saturated carbocycles. The minimum absolute atomic E-state index is 0.490. The van der Waals surface area contributed by atoms with E-state index in [9.17, 15) is 4.79 Å². The first-order valence-corrected chi connectivity index (χ1v) is 4.31. The van der Waals surface area contributed by atoms with E-state index in [0.717, 1.165) is 6.54 Å². The lowest BCUT2D eigenvalue weighted by Gasteiger charge is -2.37. The minimum Gasteiger partial charge on any atom is -0.465 e. The third-order valence-corrected chi connectivity index (χ3v) is 2.04. The van der Waals surface area contributed by atoms with Crippen LogP contribution in [0.1, 0.15) is 13.8 Å². The Morgan fingerprint density at radius 2 is 2.25 bits per heavy atom. The van der Waals surface area contributed by atoms with Crippen molar-refractivity contribution in [1.82, 2.24) is 10.2 Å². The Morgan fingerprint density at radius 3 is 2.67 bits per heavy atom. The number of hydrogen-bond donors (Lipinski definition) is 2. The number of amides is 1. The second-order valence-electron chi connectivity index (χ2n) is 3.62. The fourth-order valence-electron chi connectivity index (χ4n) is 1.26. The second kappa shape index (κ2) is 3.76. The third kappa shape index (κ3) is 2.37. The normalized spacial score (nSPS) is 18.1. The van der Waals surface area contributed by atoms with Crippen molar-refractivity contribution in [2.45, 2.75) is 19.9 Å². The minimum atomic E-state index is -0.796. The van der Waals surface area contributed by atoms with E-state index in [1.807, 2.05) is 0 Å². The van der Waals surface area contributed by atoms with Crippen molar-refractivity contribution in [3.8, 4) is 0 Å². The van der Waals surface area contributed by atoms with Crippen LogP contribution in [0.3, 0.4) is 0 Å². The second-order valence-corrected chi connectivity index (χ2v) is 3.62. The summed E-state index contributed by atoms with van der Waals surface area (Å²) < 4.78 is 0. The van der Waals surface area contributed by atoms with Gasteiger partial charge in [-0.2, -0.15) is 0 Å². The van der Waals surface area contributed by atoms with E-state index in [-0.39, 0.29) is 0 Å². The van der Waals surface area contributed by atoms with Gasteiger partial charge < -0.3 is 15.3 Å². The molecular weight excluding hydrogens is 156 g/mol. The zero-order valence-corrected chi connectivity index (χ0v) is 7.58. The quantitative estimate of drug-likeness (QED) is 0.655. The third-order valence-electron chi connectivity index (χ3n) is 2.04. The molecule has 0 bridgehead atoms. The van der Waals surface area contributed by atoms with Crippen LogP contribution in [0, 0.1) is 5.92 Å². The zero-order chi connectivity index (χ0) is 9.14. The van der Waals surface area contributed by atoms with Gasteiger partial charge in [-0.1, -0.05) is 13.8 Å². The summed E-state index contributed by atoms with van der Waals surface area (Å²) in [5.41, 5.74) is 0. The fraction of sp³-hybridized carbons (Fsp3) is 0.875. The van der Waals surface area contributed by atoms with E-state index in [1.54, 1.807) is 0 Å². The van der Waals surface area contributed by atoms with Crippen molar-refractivity contribution in [1.29, 1.82) is 0 Å². The first-order chi connectivity index (χ1) is 5.59. The molecule has 1 heterocycles. The van der Waals surface area contributed by atoms with Crippen molar-refractivity contribution < 1.29 is 9.90 Å². The molecule has 0 aromatic rings. The van der Waals surface area contributed by atoms with E-state index in [0.29, 0.717) is 25.0 Å². The van der Waals surface area contributed by atoms with Crippen LogP contribution in [0.25, 0.3) is 0 Å². The molecule has 1 fully saturated rings. The number of hydrogen-bond acceptors (Lipinski definition) is 2. The largest absolute Gasteiger partial charge is 0.465 e. The number of likely N-dealkylation sites (tertiary alicyclic amines) is 1. The van der Waals surface area contributed by atoms with Gasteiger partial charge in [0, 0.05) is 31.6 Å². The summed E-state index contributed by atoms with van der Waals surface area (Å²) in [4.78, 5) is 11.8. The molecule has 0 radical (unpaired) electrons. The summed E-state index contributed by atoms with van der Waals surface area (Å²) >= 11 is 0. The zero-order valence-electron chi connectivity index (χ0n) is 7.58. The molecule has 0 unspecified atom stereocenters. The van der Waals surface area contributed by atoms with Gasteiger partial charge in [-0.25, -0.2) is 4.79 Å². The van der Waals surface area contributed by atoms with Crippen molar-refractivity contribution in [3.05, 3.63) is 0 Å². The number of carboxylic acid groups (broad SMARTS) is 1. The van der Waals surface area contributed by atoms with Gasteiger partial charge in [-0.15, -0.1) is 0 Å². The lowest BCUT2D eigenvalue weighted by molar-refractivity contribution is 0.0808. The van der Waals surface area contributed by atoms with Crippen LogP contribution in [0.15, 0.2) is 0 Å². The summed E-state index contributed by atoms with van der Waals surface area (Å²) in [6, 6.07) is 0.490. The molecule has 4 heteroatoms. The average Bonchev–Trinajstić information content (AvgIpc) is 1.82. The van der Waals surface area contributed by atoms with Crippen LogP contribution in [-0.2, 0) is 0 Å². The predicted octanol–water partition coefficient (Wildman–Crippen LogP) is 0.594. The Morgan fingerprint density at radius 1 is 1.67 bits per heavy atom. The molecule has 1 aliphatic heterocycles. The molecular formula is C8H16N2O2. The number of nitrogens with one attached hydrogen (secondary N) is 1. The van der Waals surface area contributed by atoms with Gasteiger partial charge in [0.25, 0.3) is 0 Å². The first-order valence-electron chi connectivity index (χ1n) is 4.31. The van der Waals surface area contributed by atoms with Crippen LogP contribution >= 0.6 is 0 Å². The summed E-state index contributed by atoms with van der Waals surface area (Å²) in [7, 11) is 0.